The van der Waals surface area contributed by atoms with Crippen molar-refractivity contribution in [1.82, 2.24) is 4.57 Å². The van der Waals surface area contributed by atoms with Crippen LogP contribution < -0.4 is 36.2 Å². The van der Waals surface area contributed by atoms with Gasteiger partial charge in [-0.3, -0.25) is 4.57 Å². The molecule has 8 aromatic rings. The maximum Gasteiger partial charge on any atom is 4.00 e. The molecule has 0 N–H and O–H groups in total. The number of hydrogen-bond donors (Lipinski definition) is 0. The van der Waals surface area contributed by atoms with Crippen LogP contribution in [0.2, 0.25) is 13.1 Å². The van der Waals surface area contributed by atoms with Gasteiger partial charge < -0.3 is 9.47 Å². The van der Waals surface area contributed by atoms with E-state index in [-0.39, 0.29) is 27.8 Å². The van der Waals surface area contributed by atoms with E-state index in [0.29, 0.717) is 0 Å². The second-order valence-corrected chi connectivity index (χ2v) is 18.1. The first-order valence-electron chi connectivity index (χ1n) is 17.5. The van der Waals surface area contributed by atoms with Crippen LogP contribution in [0.1, 0.15) is 5.56 Å². The maximum atomic E-state index is 3.58. The first kappa shape index (κ1) is 33.9. The van der Waals surface area contributed by atoms with Crippen molar-refractivity contribution in [3.05, 3.63) is 188 Å². The van der Waals surface area contributed by atoms with Crippen molar-refractivity contribution in [2.24, 2.45) is 0 Å². The molecule has 0 saturated heterocycles. The third kappa shape index (κ3) is 5.60. The number of para-hydroxylation sites is 6. The Hall–Kier alpha value is -5.22. The predicted octanol–water partition coefficient (Wildman–Crippen LogP) is 6.54. The molecule has 7 aromatic carbocycles. The first-order chi connectivity index (χ1) is 25.0. The first-order valence-corrected chi connectivity index (χ1v) is 20.5. The molecule has 0 unspecified atom stereocenters. The van der Waals surface area contributed by atoms with Crippen LogP contribution in [0.5, 0.6) is 0 Å². The molecule has 52 heavy (non-hydrogen) atoms. The van der Waals surface area contributed by atoms with Crippen molar-refractivity contribution < 1.29 is 25.6 Å². The summed E-state index contributed by atoms with van der Waals surface area (Å²) in [6.45, 7) is 7.26. The average molecular weight is 864 g/mol. The smallest absolute Gasteiger partial charge is 0.359 e. The minimum Gasteiger partial charge on any atom is -0.359 e. The molecular formula is C46H35BN3PtSi+. The molecule has 2 aliphatic rings. The molecule has 0 atom stereocenters. The molecule has 1 aromatic heterocycles. The zero-order valence-electron chi connectivity index (χ0n) is 29.2. The van der Waals surface area contributed by atoms with Crippen molar-refractivity contribution in [3.8, 4) is 11.4 Å². The topological polar surface area (TPSA) is 12.1 Å². The second-order valence-electron chi connectivity index (χ2n) is 13.8. The van der Waals surface area contributed by atoms with Crippen LogP contribution in [0.15, 0.2) is 158 Å². The maximum absolute atomic E-state index is 3.58. The average Bonchev–Trinajstić information content (AvgIpc) is 3.57. The molecule has 0 spiro atoms. The van der Waals surface area contributed by atoms with Crippen molar-refractivity contribution in [3.63, 3.8) is 0 Å². The van der Waals surface area contributed by atoms with E-state index in [0.717, 1.165) is 28.1 Å². The molecule has 0 aliphatic carbocycles. The van der Waals surface area contributed by atoms with Crippen LogP contribution >= 0.6 is 0 Å². The summed E-state index contributed by atoms with van der Waals surface area (Å²) in [4.78, 5) is 2.42. The van der Waals surface area contributed by atoms with Crippen LogP contribution in [0.3, 0.4) is 0 Å². The van der Waals surface area contributed by atoms with Gasteiger partial charge in [-0.25, -0.2) is 0 Å². The van der Waals surface area contributed by atoms with Crippen molar-refractivity contribution in [2.45, 2.75) is 20.0 Å². The monoisotopic (exact) mass is 863 g/mol. The minimum atomic E-state index is -1.83. The molecule has 0 saturated carbocycles. The van der Waals surface area contributed by atoms with Crippen LogP contribution in [0.25, 0.3) is 22.4 Å². The van der Waals surface area contributed by atoms with E-state index in [4.69, 9.17) is 0 Å². The van der Waals surface area contributed by atoms with Crippen LogP contribution in [0.4, 0.5) is 17.1 Å². The Kier molecular flexibility index (Phi) is 8.95. The van der Waals surface area contributed by atoms with E-state index >= 15 is 0 Å². The number of benzene rings is 7. The summed E-state index contributed by atoms with van der Waals surface area (Å²) in [6.07, 6.45) is 3.44. The fourth-order valence-electron chi connectivity index (χ4n) is 7.83. The summed E-state index contributed by atoms with van der Waals surface area (Å²) in [6, 6.07) is 65.9. The molecule has 10 rings (SSSR count). The molecule has 0 amide bonds. The minimum absolute atomic E-state index is 0. The van der Waals surface area contributed by atoms with Crippen molar-refractivity contribution in [1.29, 1.82) is 0 Å². The van der Waals surface area contributed by atoms with E-state index in [1.165, 1.54) is 43.7 Å². The summed E-state index contributed by atoms with van der Waals surface area (Å²) in [7, 11) is -1.83. The Labute approximate surface area is 322 Å². The fraction of sp³-hybridized carbons (Fsp3) is 0.0652. The predicted molar refractivity (Wildman–Crippen MR) is 214 cm³/mol. The van der Waals surface area contributed by atoms with Crippen molar-refractivity contribution in [2.75, 3.05) is 4.90 Å². The molecule has 3 nitrogen and oxygen atoms in total. The van der Waals surface area contributed by atoms with E-state index in [2.05, 4.69) is 180 Å². The van der Waals surface area contributed by atoms with Gasteiger partial charge in [0.2, 0.25) is 0 Å². The van der Waals surface area contributed by atoms with Crippen molar-refractivity contribution >= 4 is 69.6 Å². The molecule has 2 aliphatic heterocycles. The molecule has 0 radical (unpaired) electrons. The van der Waals surface area contributed by atoms with Gasteiger partial charge in [0.25, 0.3) is 6.33 Å². The third-order valence-corrected chi connectivity index (χ3v) is 13.8. The number of fused-ring (bicyclic) bond motifs is 5. The molecule has 0 fully saturated rings. The number of hydrogen-bond acceptors (Lipinski definition) is 1. The number of anilines is 3. The van der Waals surface area contributed by atoms with Gasteiger partial charge in [-0.2, -0.15) is 78.9 Å². The largest absolute Gasteiger partial charge is 4.00 e. The molecule has 0 bridgehead atoms. The number of aryl methyl sites for hydroxylation is 1. The number of imidazole rings is 1. The van der Waals surface area contributed by atoms with Gasteiger partial charge >= 0.3 is 21.1 Å². The third-order valence-electron chi connectivity index (χ3n) is 10.3. The van der Waals surface area contributed by atoms with Crippen LogP contribution in [-0.2, 0) is 21.1 Å². The van der Waals surface area contributed by atoms with Gasteiger partial charge in [-0.1, -0.05) is 126 Å². The van der Waals surface area contributed by atoms with E-state index in [1.54, 1.807) is 0 Å². The van der Waals surface area contributed by atoms with E-state index in [9.17, 15) is 0 Å². The number of rotatable bonds is 3. The fourth-order valence-corrected chi connectivity index (χ4v) is 10.8. The van der Waals surface area contributed by atoms with E-state index < -0.39 is 8.07 Å². The van der Waals surface area contributed by atoms with Gasteiger partial charge in [-0.15, -0.1) is 10.6 Å². The Balaban J connectivity index is 0.000000152. The molecular weight excluding hydrogens is 829 g/mol. The van der Waals surface area contributed by atoms with E-state index in [1.807, 2.05) is 36.4 Å². The van der Waals surface area contributed by atoms with Gasteiger partial charge in [-0.05, 0) is 29.9 Å². The summed E-state index contributed by atoms with van der Waals surface area (Å²) in [5, 5.41) is 2.96. The molecule has 3 heterocycles. The summed E-state index contributed by atoms with van der Waals surface area (Å²) in [5.74, 6) is 0. The van der Waals surface area contributed by atoms with Gasteiger partial charge in [0.15, 0.2) is 6.71 Å². The summed E-state index contributed by atoms with van der Waals surface area (Å²) < 4.78 is 4.14. The van der Waals surface area contributed by atoms with Gasteiger partial charge in [0, 0.05) is 5.69 Å². The normalized spacial score (nSPS) is 13.2. The molecule has 6 heteroatoms. The summed E-state index contributed by atoms with van der Waals surface area (Å²) >= 11 is 0. The van der Waals surface area contributed by atoms with Gasteiger partial charge in [0.05, 0.1) is 24.8 Å². The van der Waals surface area contributed by atoms with Crippen LogP contribution in [0, 0.1) is 31.5 Å². The zero-order chi connectivity index (χ0) is 34.5. The quantitative estimate of drug-likeness (QED) is 0.112. The summed E-state index contributed by atoms with van der Waals surface area (Å²) in [5.41, 5.74) is 13.4. The second kappa shape index (κ2) is 13.7. The Bertz CT molecular complexity index is 2530. The Morgan fingerprint density at radius 3 is 2.06 bits per heavy atom. The SMILES string of the molecule is C[Si]1(C)c2ccc[c-]c2N2c3[c-]cccc3B(c3ccccc3)c3cccc1c32.Cc1ccc(-[n+]2[c-]n(-c3[c-]cccc3)c3ccccc32)cc1.[Pt+4]. The van der Waals surface area contributed by atoms with Crippen LogP contribution in [-0.4, -0.2) is 19.4 Å². The standard InChI is InChI=1S/C26H20BNSi.C20H15N2.Pt/c1-29(2)24-17-9-8-16-23(24)28-22-15-7-6-13-20(22)27(19-11-4-3-5-12-19)21-14-10-18-25(29)26(21)28;1-16-11-13-18(14-12-16)22-15-21(17-7-3-2-4-8-17)19-9-5-6-10-20(19)22;/h3-14,17-18H,1-2H3;2-7,9-14H,1H3;/q-2;-1;+4. The Morgan fingerprint density at radius 1 is 0.596 bits per heavy atom. The number of nitrogens with zero attached hydrogens (tertiary/aromatic N) is 3. The van der Waals surface area contributed by atoms with Gasteiger partial charge in [0.1, 0.15) is 0 Å². The Morgan fingerprint density at radius 2 is 1.27 bits per heavy atom. The zero-order valence-corrected chi connectivity index (χ0v) is 32.5. The molecule has 250 valence electrons. The number of aromatic nitrogens is 2.